The second-order valence-corrected chi connectivity index (χ2v) is 9.89. The highest BCUT2D eigenvalue weighted by Crippen LogP contribution is 2.39. The van der Waals surface area contributed by atoms with E-state index in [-0.39, 0.29) is 11.3 Å². The maximum Gasteiger partial charge on any atom is 0.251 e. The minimum atomic E-state index is -0.169. The van der Waals surface area contributed by atoms with E-state index in [4.69, 9.17) is 0 Å². The molecule has 5 rings (SSSR count). The first-order valence-corrected chi connectivity index (χ1v) is 12.1. The van der Waals surface area contributed by atoms with Crippen LogP contribution in [0.3, 0.4) is 0 Å². The van der Waals surface area contributed by atoms with E-state index < -0.39 is 0 Å². The van der Waals surface area contributed by atoms with E-state index >= 15 is 0 Å². The minimum absolute atomic E-state index is 0.0850. The van der Waals surface area contributed by atoms with Crippen molar-refractivity contribution in [2.45, 2.75) is 57.9 Å². The number of pyridine rings is 1. The lowest BCUT2D eigenvalue weighted by Gasteiger charge is -2.35. The number of fused-ring (bicyclic) bond motifs is 1. The van der Waals surface area contributed by atoms with Gasteiger partial charge >= 0.3 is 0 Å². The van der Waals surface area contributed by atoms with Crippen LogP contribution in [0.2, 0.25) is 0 Å². The van der Waals surface area contributed by atoms with Crippen molar-refractivity contribution in [3.05, 3.63) is 71.7 Å². The first kappa shape index (κ1) is 21.7. The van der Waals surface area contributed by atoms with Gasteiger partial charge in [0.1, 0.15) is 5.65 Å². The number of likely N-dealkylation sites (tertiary alicyclic amines) is 1. The molecule has 2 fully saturated rings. The third-order valence-electron chi connectivity index (χ3n) is 7.51. The molecule has 0 radical (unpaired) electrons. The Morgan fingerprint density at radius 1 is 1.09 bits per heavy atom. The van der Waals surface area contributed by atoms with Crippen LogP contribution in [-0.4, -0.2) is 39.2 Å². The van der Waals surface area contributed by atoms with Crippen LogP contribution in [0.4, 0.5) is 0 Å². The summed E-state index contributed by atoms with van der Waals surface area (Å²) in [6.45, 7) is 4.24. The third kappa shape index (κ3) is 4.52. The zero-order valence-corrected chi connectivity index (χ0v) is 19.3. The molecule has 0 spiro atoms. The summed E-state index contributed by atoms with van der Waals surface area (Å²) >= 11 is 0. The van der Waals surface area contributed by atoms with Crippen molar-refractivity contribution in [1.82, 2.24) is 19.6 Å². The predicted molar refractivity (Wildman–Crippen MR) is 128 cm³/mol. The van der Waals surface area contributed by atoms with E-state index in [1.165, 1.54) is 24.8 Å². The molecule has 172 valence electrons. The van der Waals surface area contributed by atoms with Gasteiger partial charge in [0.15, 0.2) is 0 Å². The van der Waals surface area contributed by atoms with Crippen molar-refractivity contribution in [3.63, 3.8) is 0 Å². The summed E-state index contributed by atoms with van der Waals surface area (Å²) in [5.41, 5.74) is 3.58. The Kier molecular flexibility index (Phi) is 5.92. The molecular formula is C27H32N4O2. The molecule has 1 saturated carbocycles. The van der Waals surface area contributed by atoms with Gasteiger partial charge in [0.05, 0.1) is 0 Å². The van der Waals surface area contributed by atoms with Gasteiger partial charge in [-0.1, -0.05) is 38.3 Å². The third-order valence-corrected chi connectivity index (χ3v) is 7.51. The maximum atomic E-state index is 13.2. The SMILES string of the molecule is CC1(C(=O)N2CCC(c3ccc(C(=O)NCc4ccn5ccnc5c4)cc3)C2)CCCCC1. The zero-order valence-electron chi connectivity index (χ0n) is 19.3. The number of imidazole rings is 1. The van der Waals surface area contributed by atoms with E-state index in [1.807, 2.05) is 53.2 Å². The number of amides is 2. The average Bonchev–Trinajstić information content (AvgIpc) is 3.52. The highest BCUT2D eigenvalue weighted by Gasteiger charge is 2.40. The van der Waals surface area contributed by atoms with Gasteiger partial charge in [-0.2, -0.15) is 0 Å². The van der Waals surface area contributed by atoms with Crippen molar-refractivity contribution in [2.24, 2.45) is 5.41 Å². The molecular weight excluding hydrogens is 412 g/mol. The Balaban J connectivity index is 1.17. The Morgan fingerprint density at radius 2 is 1.88 bits per heavy atom. The first-order valence-electron chi connectivity index (χ1n) is 12.1. The van der Waals surface area contributed by atoms with Crippen LogP contribution in [0.25, 0.3) is 5.65 Å². The number of hydrogen-bond donors (Lipinski definition) is 1. The Morgan fingerprint density at radius 3 is 2.67 bits per heavy atom. The summed E-state index contributed by atoms with van der Waals surface area (Å²) in [4.78, 5) is 32.1. The second kappa shape index (κ2) is 9.00. The van der Waals surface area contributed by atoms with Crippen LogP contribution in [0.15, 0.2) is 55.0 Å². The molecule has 1 aromatic carbocycles. The summed E-state index contributed by atoms with van der Waals surface area (Å²) in [5, 5.41) is 2.99. The van der Waals surface area contributed by atoms with Gasteiger partial charge in [0.2, 0.25) is 5.91 Å². The highest BCUT2D eigenvalue weighted by molar-refractivity contribution is 5.94. The molecule has 1 unspecified atom stereocenters. The molecule has 2 amide bonds. The van der Waals surface area contributed by atoms with Crippen molar-refractivity contribution in [3.8, 4) is 0 Å². The highest BCUT2D eigenvalue weighted by atomic mass is 16.2. The van der Waals surface area contributed by atoms with Gasteiger partial charge in [-0.05, 0) is 54.7 Å². The molecule has 6 nitrogen and oxygen atoms in total. The Labute approximate surface area is 195 Å². The molecule has 33 heavy (non-hydrogen) atoms. The van der Waals surface area contributed by atoms with E-state index in [2.05, 4.69) is 22.1 Å². The number of carbonyl (C=O) groups is 2. The standard InChI is InChI=1S/C27H32N4O2/c1-27(11-3-2-4-12-27)26(33)31-15-10-23(19-31)21-5-7-22(8-6-21)25(32)29-18-20-9-14-30-16-13-28-24(30)17-20/h5-9,13-14,16-17,23H,2-4,10-12,15,18-19H2,1H3,(H,29,32). The molecule has 0 bridgehead atoms. The van der Waals surface area contributed by atoms with Crippen molar-refractivity contribution in [1.29, 1.82) is 0 Å². The summed E-state index contributed by atoms with van der Waals surface area (Å²) in [6, 6.07) is 11.9. The number of benzene rings is 1. The van der Waals surface area contributed by atoms with Gasteiger partial charge < -0.3 is 14.6 Å². The summed E-state index contributed by atoms with van der Waals surface area (Å²) < 4.78 is 1.94. The largest absolute Gasteiger partial charge is 0.348 e. The molecule has 1 aliphatic carbocycles. The maximum absolute atomic E-state index is 13.2. The van der Waals surface area contributed by atoms with Crippen LogP contribution in [0.5, 0.6) is 0 Å². The number of aromatic nitrogens is 2. The number of rotatable bonds is 5. The lowest BCUT2D eigenvalue weighted by atomic mass is 9.74. The lowest BCUT2D eigenvalue weighted by Crippen LogP contribution is -2.42. The lowest BCUT2D eigenvalue weighted by molar-refractivity contribution is -0.142. The van der Waals surface area contributed by atoms with Gasteiger partial charge in [-0.3, -0.25) is 9.59 Å². The molecule has 1 N–H and O–H groups in total. The average molecular weight is 445 g/mol. The van der Waals surface area contributed by atoms with Gasteiger partial charge in [-0.25, -0.2) is 4.98 Å². The fourth-order valence-electron chi connectivity index (χ4n) is 5.40. The second-order valence-electron chi connectivity index (χ2n) is 9.89. The van der Waals surface area contributed by atoms with Gasteiger partial charge in [-0.15, -0.1) is 0 Å². The van der Waals surface area contributed by atoms with Crippen molar-refractivity contribution < 1.29 is 9.59 Å². The van der Waals surface area contributed by atoms with Crippen LogP contribution in [-0.2, 0) is 11.3 Å². The van der Waals surface area contributed by atoms with Crippen LogP contribution in [0, 0.1) is 5.41 Å². The topological polar surface area (TPSA) is 66.7 Å². The quantitative estimate of drug-likeness (QED) is 0.628. The number of hydrogen-bond acceptors (Lipinski definition) is 3. The van der Waals surface area contributed by atoms with E-state index in [0.717, 1.165) is 43.6 Å². The molecule has 1 atom stereocenters. The van der Waals surface area contributed by atoms with Gasteiger partial charge in [0.25, 0.3) is 5.91 Å². The molecule has 3 heterocycles. The van der Waals surface area contributed by atoms with Crippen LogP contribution >= 0.6 is 0 Å². The minimum Gasteiger partial charge on any atom is -0.348 e. The zero-order chi connectivity index (χ0) is 22.8. The molecule has 1 saturated heterocycles. The van der Waals surface area contributed by atoms with Gasteiger partial charge in [0, 0.05) is 55.1 Å². The number of nitrogens with one attached hydrogen (secondary N) is 1. The van der Waals surface area contributed by atoms with Crippen molar-refractivity contribution >= 4 is 17.5 Å². The smallest absolute Gasteiger partial charge is 0.251 e. The Hall–Kier alpha value is -3.15. The van der Waals surface area contributed by atoms with E-state index in [0.29, 0.717) is 23.9 Å². The van der Waals surface area contributed by atoms with Crippen LogP contribution in [0.1, 0.15) is 72.9 Å². The molecule has 2 aromatic heterocycles. The molecule has 6 heteroatoms. The molecule has 2 aliphatic rings. The van der Waals surface area contributed by atoms with E-state index in [9.17, 15) is 9.59 Å². The van der Waals surface area contributed by atoms with E-state index in [1.54, 1.807) is 6.20 Å². The summed E-state index contributed by atoms with van der Waals surface area (Å²) in [7, 11) is 0. The summed E-state index contributed by atoms with van der Waals surface area (Å²) in [5.74, 6) is 0.604. The molecule has 1 aliphatic heterocycles. The molecule has 3 aromatic rings. The predicted octanol–water partition coefficient (Wildman–Crippen LogP) is 4.55. The first-order chi connectivity index (χ1) is 16.0. The number of carbonyl (C=O) groups excluding carboxylic acids is 2. The van der Waals surface area contributed by atoms with Crippen LogP contribution < -0.4 is 5.32 Å². The normalized spacial score (nSPS) is 20.2. The van der Waals surface area contributed by atoms with Crippen molar-refractivity contribution in [2.75, 3.05) is 13.1 Å². The Bertz CT molecular complexity index is 1140. The summed E-state index contributed by atoms with van der Waals surface area (Å²) in [6.07, 6.45) is 12.2. The fraction of sp³-hybridized carbons (Fsp3) is 0.444. The number of nitrogens with zero attached hydrogens (tertiary/aromatic N) is 3. The monoisotopic (exact) mass is 444 g/mol. The fourth-order valence-corrected chi connectivity index (χ4v) is 5.40.